The summed E-state index contributed by atoms with van der Waals surface area (Å²) in [6, 6.07) is 5.73. The number of ether oxygens (including phenoxy) is 1. The lowest BCUT2D eigenvalue weighted by atomic mass is 10.2. The first kappa shape index (κ1) is 17.5. The zero-order valence-electron chi connectivity index (χ0n) is 12.1. The largest absolute Gasteiger partial charge is 0.492 e. The van der Waals surface area contributed by atoms with Crippen molar-refractivity contribution < 1.29 is 13.2 Å². The van der Waals surface area contributed by atoms with Crippen LogP contribution < -0.4 is 10.1 Å². The van der Waals surface area contributed by atoms with Crippen LogP contribution in [0.15, 0.2) is 22.7 Å². The van der Waals surface area contributed by atoms with Gasteiger partial charge in [-0.15, -0.1) is 0 Å². The van der Waals surface area contributed by atoms with Crippen molar-refractivity contribution in [1.82, 2.24) is 5.32 Å². The van der Waals surface area contributed by atoms with Crippen LogP contribution in [0.3, 0.4) is 0 Å². The molecule has 0 amide bonds. The maximum atomic E-state index is 11.7. The first-order valence-corrected chi connectivity index (χ1v) is 9.21. The van der Waals surface area contributed by atoms with E-state index >= 15 is 0 Å². The van der Waals surface area contributed by atoms with Crippen molar-refractivity contribution in [3.63, 3.8) is 0 Å². The monoisotopic (exact) mass is 363 g/mol. The molecule has 0 atom stereocenters. The van der Waals surface area contributed by atoms with Gasteiger partial charge in [0, 0.05) is 16.6 Å². The molecule has 1 aromatic carbocycles. The quantitative estimate of drug-likeness (QED) is 0.771. The number of hydrogen-bond donors (Lipinski definition) is 1. The molecule has 114 valence electrons. The third-order valence-corrected chi connectivity index (χ3v) is 5.60. The van der Waals surface area contributed by atoms with E-state index in [1.54, 1.807) is 13.8 Å². The van der Waals surface area contributed by atoms with E-state index in [-0.39, 0.29) is 17.6 Å². The Morgan fingerprint density at radius 2 is 2.05 bits per heavy atom. The molecule has 0 saturated heterocycles. The van der Waals surface area contributed by atoms with E-state index in [0.717, 1.165) is 22.3 Å². The maximum Gasteiger partial charge on any atom is 0.155 e. The molecule has 6 heteroatoms. The molecular formula is C14H22BrNO3S. The summed E-state index contributed by atoms with van der Waals surface area (Å²) in [4.78, 5) is 0. The van der Waals surface area contributed by atoms with Crippen LogP contribution in [0.1, 0.15) is 26.3 Å². The molecule has 20 heavy (non-hydrogen) atoms. The van der Waals surface area contributed by atoms with Gasteiger partial charge in [0.2, 0.25) is 0 Å². The fourth-order valence-electron chi connectivity index (χ4n) is 1.59. The van der Waals surface area contributed by atoms with Crippen LogP contribution in [0.25, 0.3) is 0 Å². The van der Waals surface area contributed by atoms with Crippen molar-refractivity contribution in [1.29, 1.82) is 0 Å². The lowest BCUT2D eigenvalue weighted by Crippen LogP contribution is -2.22. The van der Waals surface area contributed by atoms with Gasteiger partial charge in [0.25, 0.3) is 0 Å². The zero-order valence-corrected chi connectivity index (χ0v) is 14.6. The van der Waals surface area contributed by atoms with Crippen LogP contribution in [0.5, 0.6) is 5.75 Å². The average molecular weight is 364 g/mol. The molecule has 0 bridgehead atoms. The van der Waals surface area contributed by atoms with E-state index in [9.17, 15) is 8.42 Å². The first-order valence-electron chi connectivity index (χ1n) is 6.70. The normalized spacial score (nSPS) is 11.8. The fourth-order valence-corrected chi connectivity index (χ4v) is 2.79. The first-order chi connectivity index (χ1) is 9.36. The molecule has 0 radical (unpaired) electrons. The Hall–Kier alpha value is -0.590. The Morgan fingerprint density at radius 1 is 1.35 bits per heavy atom. The topological polar surface area (TPSA) is 55.4 Å². The second-order valence-electron chi connectivity index (χ2n) is 4.80. The molecule has 0 fully saturated rings. The lowest BCUT2D eigenvalue weighted by Gasteiger charge is -2.13. The van der Waals surface area contributed by atoms with E-state index in [4.69, 9.17) is 4.74 Å². The third-order valence-electron chi connectivity index (χ3n) is 2.93. The van der Waals surface area contributed by atoms with E-state index in [0.29, 0.717) is 6.54 Å². The predicted molar refractivity (Wildman–Crippen MR) is 85.9 cm³/mol. The minimum Gasteiger partial charge on any atom is -0.492 e. The third kappa shape index (κ3) is 5.42. The van der Waals surface area contributed by atoms with Crippen LogP contribution in [-0.2, 0) is 16.4 Å². The smallest absolute Gasteiger partial charge is 0.155 e. The summed E-state index contributed by atoms with van der Waals surface area (Å²) < 4.78 is 30.1. The molecule has 1 N–H and O–H groups in total. The number of halogens is 1. The lowest BCUT2D eigenvalue weighted by molar-refractivity contribution is 0.336. The zero-order chi connectivity index (χ0) is 15.2. The summed E-state index contributed by atoms with van der Waals surface area (Å²) in [7, 11) is -3.06. The van der Waals surface area contributed by atoms with Gasteiger partial charge in [-0.25, -0.2) is 8.42 Å². The number of nitrogens with one attached hydrogen (secondary N) is 1. The highest BCUT2D eigenvalue weighted by Crippen LogP contribution is 2.23. The van der Waals surface area contributed by atoms with E-state index in [1.807, 2.05) is 25.1 Å². The second kappa shape index (κ2) is 8.00. The van der Waals surface area contributed by atoms with Gasteiger partial charge in [0.1, 0.15) is 12.4 Å². The molecule has 0 aliphatic heterocycles. The van der Waals surface area contributed by atoms with Crippen LogP contribution in [0.2, 0.25) is 0 Å². The van der Waals surface area contributed by atoms with Crippen molar-refractivity contribution >= 4 is 25.8 Å². The van der Waals surface area contributed by atoms with Gasteiger partial charge in [-0.1, -0.05) is 22.9 Å². The maximum absolute atomic E-state index is 11.7. The van der Waals surface area contributed by atoms with Crippen molar-refractivity contribution in [2.24, 2.45) is 0 Å². The number of benzene rings is 1. The molecule has 1 rings (SSSR count). The molecule has 0 saturated carbocycles. The minimum absolute atomic E-state index is 0.0430. The summed E-state index contributed by atoms with van der Waals surface area (Å²) in [5.41, 5.74) is 1.02. The fraction of sp³-hybridized carbons (Fsp3) is 0.571. The molecule has 0 aliphatic carbocycles. The minimum atomic E-state index is -3.06. The standard InChI is InChI=1S/C14H22BrNO3S/c1-4-16-10-12-9-13(15)5-6-14(12)19-7-8-20(17,18)11(2)3/h5-6,9,11,16H,4,7-8,10H2,1-3H3. The van der Waals surface area contributed by atoms with Crippen LogP contribution in [0, 0.1) is 0 Å². The Kier molecular flexibility index (Phi) is 6.99. The van der Waals surface area contributed by atoms with Gasteiger partial charge >= 0.3 is 0 Å². The molecular weight excluding hydrogens is 342 g/mol. The van der Waals surface area contributed by atoms with E-state index in [1.165, 1.54) is 0 Å². The highest BCUT2D eigenvalue weighted by Gasteiger charge is 2.16. The molecule has 1 aromatic rings. The SMILES string of the molecule is CCNCc1cc(Br)ccc1OCCS(=O)(=O)C(C)C. The van der Waals surface area contributed by atoms with Gasteiger partial charge in [0.15, 0.2) is 9.84 Å². The Labute approximate surface area is 130 Å². The highest BCUT2D eigenvalue weighted by atomic mass is 79.9. The summed E-state index contributed by atoms with van der Waals surface area (Å²) in [6.07, 6.45) is 0. The molecule has 0 aliphatic rings. The summed E-state index contributed by atoms with van der Waals surface area (Å²) in [6.45, 7) is 7.15. The van der Waals surface area contributed by atoms with E-state index in [2.05, 4.69) is 21.2 Å². The van der Waals surface area contributed by atoms with Crippen molar-refractivity contribution in [2.45, 2.75) is 32.6 Å². The van der Waals surface area contributed by atoms with Gasteiger partial charge in [-0.2, -0.15) is 0 Å². The Bertz CT molecular complexity index is 529. The average Bonchev–Trinajstić information content (AvgIpc) is 2.38. The van der Waals surface area contributed by atoms with Crippen molar-refractivity contribution in [3.05, 3.63) is 28.2 Å². The number of rotatable bonds is 8. The van der Waals surface area contributed by atoms with Gasteiger partial charge in [-0.3, -0.25) is 0 Å². The van der Waals surface area contributed by atoms with Crippen molar-refractivity contribution in [2.75, 3.05) is 18.9 Å². The van der Waals surface area contributed by atoms with E-state index < -0.39 is 9.84 Å². The number of sulfone groups is 1. The van der Waals surface area contributed by atoms with Gasteiger partial charge in [0.05, 0.1) is 11.0 Å². The highest BCUT2D eigenvalue weighted by molar-refractivity contribution is 9.10. The van der Waals surface area contributed by atoms with Gasteiger partial charge < -0.3 is 10.1 Å². The Balaban J connectivity index is 2.68. The molecule has 4 nitrogen and oxygen atoms in total. The summed E-state index contributed by atoms with van der Waals surface area (Å²) in [5, 5.41) is 2.87. The summed E-state index contributed by atoms with van der Waals surface area (Å²) >= 11 is 3.43. The second-order valence-corrected chi connectivity index (χ2v) is 8.39. The molecule has 0 heterocycles. The molecule has 0 aromatic heterocycles. The predicted octanol–water partition coefficient (Wildman–Crippen LogP) is 2.76. The van der Waals surface area contributed by atoms with Crippen LogP contribution in [0.4, 0.5) is 0 Å². The van der Waals surface area contributed by atoms with Crippen LogP contribution >= 0.6 is 15.9 Å². The Morgan fingerprint density at radius 3 is 2.65 bits per heavy atom. The van der Waals surface area contributed by atoms with Crippen molar-refractivity contribution in [3.8, 4) is 5.75 Å². The summed E-state index contributed by atoms with van der Waals surface area (Å²) in [5.74, 6) is 0.773. The number of hydrogen-bond acceptors (Lipinski definition) is 4. The molecule has 0 spiro atoms. The van der Waals surface area contributed by atoms with Crippen LogP contribution in [-0.4, -0.2) is 32.6 Å². The van der Waals surface area contributed by atoms with Gasteiger partial charge in [-0.05, 0) is 38.6 Å². The molecule has 0 unspecified atom stereocenters.